The zero-order chi connectivity index (χ0) is 7.44. The highest BCUT2D eigenvalue weighted by Gasteiger charge is 2.24. The van der Waals surface area contributed by atoms with Gasteiger partial charge in [-0.2, -0.15) is 0 Å². The maximum atomic E-state index is 10.1. The molecule has 0 N–H and O–H groups in total. The second-order valence-corrected chi connectivity index (χ2v) is 1.24. The van der Waals surface area contributed by atoms with Crippen LogP contribution in [0.1, 0.15) is 6.92 Å². The van der Waals surface area contributed by atoms with Crippen molar-refractivity contribution < 1.29 is 10.0 Å². The van der Waals surface area contributed by atoms with Crippen molar-refractivity contribution in [2.24, 2.45) is 0 Å². The highest BCUT2D eigenvalue weighted by molar-refractivity contribution is 5.00. The minimum Gasteiger partial charge on any atom is -0.865 e. The molecule has 0 unspecified atom stereocenters. The van der Waals surface area contributed by atoms with Crippen LogP contribution in [-0.2, 0) is 0 Å². The Morgan fingerprint density at radius 3 is 2.22 bits per heavy atom. The molecule has 0 aliphatic rings. The van der Waals surface area contributed by atoms with Gasteiger partial charge in [0, 0.05) is 5.76 Å². The second-order valence-electron chi connectivity index (χ2n) is 1.24. The molecule has 0 rings (SSSR count). The molecule has 0 amide bonds. The third kappa shape index (κ3) is 1.73. The van der Waals surface area contributed by atoms with Crippen molar-refractivity contribution in [2.75, 3.05) is 0 Å². The predicted octanol–water partition coefficient (Wildman–Crippen LogP) is -0.335. The first-order chi connectivity index (χ1) is 4.09. The molecule has 0 heterocycles. The standard InChI is InChI=1S/C3H3N3O3/c1-2(7)3(5-4)6(8)9/h1H3. The Morgan fingerprint density at radius 1 is 1.78 bits per heavy atom. The van der Waals surface area contributed by atoms with E-state index in [1.54, 1.807) is 0 Å². The number of nitro groups is 1. The lowest BCUT2D eigenvalue weighted by molar-refractivity contribution is -0.437. The summed E-state index contributed by atoms with van der Waals surface area (Å²) in [6.45, 7) is 0.942. The average Bonchev–Trinajstić information content (AvgIpc) is 1.64. The van der Waals surface area contributed by atoms with Gasteiger partial charge in [-0.25, -0.2) is 0 Å². The van der Waals surface area contributed by atoms with E-state index in [9.17, 15) is 15.2 Å². The van der Waals surface area contributed by atoms with E-state index in [1.807, 2.05) is 0 Å². The third-order valence-corrected chi connectivity index (χ3v) is 0.583. The zero-order valence-electron chi connectivity index (χ0n) is 4.57. The molecule has 0 aromatic rings. The topological polar surface area (TPSA) is 94.3 Å². The van der Waals surface area contributed by atoms with Crippen molar-refractivity contribution in [3.8, 4) is 0 Å². The molecule has 0 radical (unpaired) electrons. The summed E-state index contributed by atoms with van der Waals surface area (Å²) in [7, 11) is 0. The molecule has 48 valence electrons. The molecule has 0 saturated heterocycles. The summed E-state index contributed by atoms with van der Waals surface area (Å²) in [6, 6.07) is 0. The number of hydrogen-bond acceptors (Lipinski definition) is 4. The van der Waals surface area contributed by atoms with Gasteiger partial charge < -0.3 is 5.11 Å². The molecule has 0 saturated carbocycles. The smallest absolute Gasteiger partial charge is 0.655 e. The summed E-state index contributed by atoms with van der Waals surface area (Å²) in [4.78, 5) is 10.8. The summed E-state index contributed by atoms with van der Waals surface area (Å²) >= 11 is 0. The van der Waals surface area contributed by atoms with E-state index in [0.717, 1.165) is 6.92 Å². The Balaban J connectivity index is 4.62. The van der Waals surface area contributed by atoms with Crippen molar-refractivity contribution in [1.29, 1.82) is 5.39 Å². The van der Waals surface area contributed by atoms with E-state index < -0.39 is 16.5 Å². The van der Waals surface area contributed by atoms with Crippen molar-refractivity contribution >= 4 is 0 Å². The van der Waals surface area contributed by atoms with Crippen LogP contribution in [-0.4, -0.2) is 4.92 Å². The predicted molar refractivity (Wildman–Crippen MR) is 24.8 cm³/mol. The molecule has 0 fully saturated rings. The number of diazo groups is 1. The number of allylic oxidation sites excluding steroid dienone is 1. The first-order valence-corrected chi connectivity index (χ1v) is 1.97. The lowest BCUT2D eigenvalue weighted by Gasteiger charge is -1.89. The lowest BCUT2D eigenvalue weighted by atomic mass is 10.6. The van der Waals surface area contributed by atoms with E-state index in [0.29, 0.717) is 0 Å². The number of nitrogens with zero attached hydrogens (tertiary/aromatic N) is 3. The number of rotatable bonds is 1. The SMILES string of the molecule is CC([O-])=C([N+]#N)[N+](=O)[O-]. The maximum absolute atomic E-state index is 10.1. The van der Waals surface area contributed by atoms with Crippen LogP contribution in [0.4, 0.5) is 0 Å². The van der Waals surface area contributed by atoms with E-state index in [2.05, 4.69) is 4.98 Å². The highest BCUT2D eigenvalue weighted by Crippen LogP contribution is 1.98. The fraction of sp³-hybridized carbons (Fsp3) is 0.333. The van der Waals surface area contributed by atoms with Gasteiger partial charge in [0.05, 0.1) is 0 Å². The fourth-order valence-corrected chi connectivity index (χ4v) is 0.235. The lowest BCUT2D eigenvalue weighted by Crippen LogP contribution is -2.07. The van der Waals surface area contributed by atoms with Crippen LogP contribution in [0.5, 0.6) is 0 Å². The van der Waals surface area contributed by atoms with Crippen LogP contribution >= 0.6 is 0 Å². The summed E-state index contributed by atoms with van der Waals surface area (Å²) in [5, 5.41) is 27.5. The van der Waals surface area contributed by atoms with Crippen LogP contribution in [0.15, 0.2) is 11.6 Å². The molecule has 0 aromatic heterocycles. The molecule has 0 bridgehead atoms. The van der Waals surface area contributed by atoms with Crippen LogP contribution < -0.4 is 5.11 Å². The molecule has 6 nitrogen and oxygen atoms in total. The van der Waals surface area contributed by atoms with E-state index in [-0.39, 0.29) is 0 Å². The first-order valence-electron chi connectivity index (χ1n) is 1.97. The molecule has 0 aromatic carbocycles. The fourth-order valence-electron chi connectivity index (χ4n) is 0.235. The molecular formula is C3H3N3O3. The maximum Gasteiger partial charge on any atom is 0.655 e. The van der Waals surface area contributed by atoms with Crippen LogP contribution in [0.25, 0.3) is 4.98 Å². The normalized spacial score (nSPS) is 11.6. The third-order valence-electron chi connectivity index (χ3n) is 0.583. The van der Waals surface area contributed by atoms with Crippen LogP contribution in [0.2, 0.25) is 0 Å². The Bertz CT molecular complexity index is 197. The Labute approximate surface area is 50.2 Å². The molecule has 0 aliphatic carbocycles. The molecule has 0 aliphatic heterocycles. The largest absolute Gasteiger partial charge is 0.865 e. The van der Waals surface area contributed by atoms with Crippen molar-refractivity contribution in [2.45, 2.75) is 6.92 Å². The number of hydrogen-bond donors (Lipinski definition) is 0. The van der Waals surface area contributed by atoms with Gasteiger partial charge in [0.25, 0.3) is 4.98 Å². The highest BCUT2D eigenvalue weighted by atomic mass is 16.6. The van der Waals surface area contributed by atoms with Gasteiger partial charge in [-0.15, -0.1) is 0 Å². The van der Waals surface area contributed by atoms with Crippen molar-refractivity contribution in [3.63, 3.8) is 0 Å². The van der Waals surface area contributed by atoms with E-state index in [4.69, 9.17) is 5.39 Å². The minimum absolute atomic E-state index is 0.873. The Hall–Kier alpha value is -1.64. The van der Waals surface area contributed by atoms with Crippen LogP contribution in [0, 0.1) is 15.5 Å². The van der Waals surface area contributed by atoms with Gasteiger partial charge in [-0.3, -0.25) is 10.1 Å². The van der Waals surface area contributed by atoms with Gasteiger partial charge >= 0.3 is 5.82 Å². The van der Waals surface area contributed by atoms with E-state index in [1.165, 1.54) is 0 Å². The summed E-state index contributed by atoms with van der Waals surface area (Å²) in [5.74, 6) is -1.92. The molecule has 0 atom stereocenters. The molecule has 9 heavy (non-hydrogen) atoms. The van der Waals surface area contributed by atoms with Gasteiger partial charge in [-0.05, 0) is 6.92 Å². The minimum atomic E-state index is -1.05. The molecule has 6 heteroatoms. The monoisotopic (exact) mass is 129 g/mol. The average molecular weight is 129 g/mol. The van der Waals surface area contributed by atoms with Gasteiger partial charge in [-0.1, -0.05) is 0 Å². The van der Waals surface area contributed by atoms with Crippen LogP contribution in [0.3, 0.4) is 0 Å². The summed E-state index contributed by atoms with van der Waals surface area (Å²) in [5.41, 5.74) is 0. The van der Waals surface area contributed by atoms with Crippen molar-refractivity contribution in [3.05, 3.63) is 26.7 Å². The Morgan fingerprint density at radius 2 is 2.22 bits per heavy atom. The second kappa shape index (κ2) is 2.61. The van der Waals surface area contributed by atoms with Gasteiger partial charge in [0.15, 0.2) is 0 Å². The van der Waals surface area contributed by atoms with E-state index >= 15 is 0 Å². The first kappa shape index (κ1) is 7.36. The van der Waals surface area contributed by atoms with Gasteiger partial charge in [0.2, 0.25) is 5.39 Å². The van der Waals surface area contributed by atoms with Gasteiger partial charge in [0.1, 0.15) is 4.92 Å². The molecule has 0 spiro atoms. The summed E-state index contributed by atoms with van der Waals surface area (Å²) < 4.78 is 0. The Kier molecular flexibility index (Phi) is 2.14. The zero-order valence-corrected chi connectivity index (χ0v) is 4.57. The molecular weight excluding hydrogens is 126 g/mol. The quantitative estimate of drug-likeness (QED) is 0.209. The summed E-state index contributed by atoms with van der Waals surface area (Å²) in [6.07, 6.45) is 0. The van der Waals surface area contributed by atoms with Crippen molar-refractivity contribution in [1.82, 2.24) is 0 Å².